The zero-order chi connectivity index (χ0) is 22.5. The Labute approximate surface area is 186 Å². The molecule has 0 radical (unpaired) electrons. The normalized spacial score (nSPS) is 13.8. The van der Waals surface area contributed by atoms with Gasteiger partial charge < -0.3 is 14.5 Å². The van der Waals surface area contributed by atoms with Crippen LogP contribution in [0.4, 0.5) is 0 Å². The van der Waals surface area contributed by atoms with E-state index in [1.54, 1.807) is 38.5 Å². The van der Waals surface area contributed by atoms with Gasteiger partial charge in [-0.15, -0.1) is 0 Å². The fraction of sp³-hybridized carbons (Fsp3) is 0.292. The maximum atomic E-state index is 12.8. The molecule has 1 N–H and O–H groups in total. The van der Waals surface area contributed by atoms with Crippen LogP contribution in [0.15, 0.2) is 48.5 Å². The maximum Gasteiger partial charge on any atom is 0.265 e. The van der Waals surface area contributed by atoms with Crippen LogP contribution in [-0.4, -0.2) is 59.1 Å². The number of carbonyl (C=O) groups excluding carboxylic acids is 2. The van der Waals surface area contributed by atoms with Gasteiger partial charge >= 0.3 is 0 Å². The van der Waals surface area contributed by atoms with Crippen molar-refractivity contribution in [1.29, 1.82) is 0 Å². The third kappa shape index (κ3) is 4.59. The highest BCUT2D eigenvalue weighted by Gasteiger charge is 2.29. The number of rotatable bonds is 7. The van der Waals surface area contributed by atoms with E-state index in [0.717, 1.165) is 28.8 Å². The summed E-state index contributed by atoms with van der Waals surface area (Å²) in [5, 5.41) is 3.04. The number of hydrazine groups is 1. The van der Waals surface area contributed by atoms with Crippen molar-refractivity contribution in [3.8, 4) is 11.5 Å². The second kappa shape index (κ2) is 9.55. The number of aromatic nitrogens is 2. The smallest absolute Gasteiger partial charge is 0.265 e. The van der Waals surface area contributed by atoms with E-state index in [4.69, 9.17) is 9.47 Å². The van der Waals surface area contributed by atoms with E-state index in [-0.39, 0.29) is 18.2 Å². The standard InChI is InChI=1S/C24H26N4O4/c1-31-18-9-10-21(32-2)17(16-18)8-12-23(29)27-14-5-15-28(27)24(30)13-11-22-25-19-6-3-4-7-20(19)26-22/h3-4,6-10,12,16H,5,11,13-15H2,1-2H3,(H,25,26)/b12-8+. The summed E-state index contributed by atoms with van der Waals surface area (Å²) in [5.74, 6) is 1.73. The topological polar surface area (TPSA) is 87.8 Å². The number of benzene rings is 2. The lowest BCUT2D eigenvalue weighted by atomic mass is 10.1. The number of hydrogen-bond donors (Lipinski definition) is 1. The first-order valence-electron chi connectivity index (χ1n) is 10.5. The SMILES string of the molecule is COc1ccc(OC)c(/C=C/C(=O)N2CCCN2C(=O)CCc2nc3ccccc3[nH]2)c1. The molecular weight excluding hydrogens is 408 g/mol. The predicted molar refractivity (Wildman–Crippen MR) is 121 cm³/mol. The Morgan fingerprint density at radius 1 is 1.09 bits per heavy atom. The minimum Gasteiger partial charge on any atom is -0.497 e. The molecular formula is C24H26N4O4. The van der Waals surface area contributed by atoms with Gasteiger partial charge in [-0.1, -0.05) is 12.1 Å². The fourth-order valence-electron chi connectivity index (χ4n) is 3.80. The Morgan fingerprint density at radius 3 is 2.69 bits per heavy atom. The Morgan fingerprint density at radius 2 is 1.91 bits per heavy atom. The molecule has 166 valence electrons. The third-order valence-corrected chi connectivity index (χ3v) is 5.43. The van der Waals surface area contributed by atoms with Gasteiger partial charge in [0.2, 0.25) is 5.91 Å². The highest BCUT2D eigenvalue weighted by atomic mass is 16.5. The van der Waals surface area contributed by atoms with Gasteiger partial charge in [0.25, 0.3) is 5.91 Å². The van der Waals surface area contributed by atoms with Gasteiger partial charge in [0.15, 0.2) is 0 Å². The second-order valence-electron chi connectivity index (χ2n) is 7.47. The maximum absolute atomic E-state index is 12.8. The molecule has 8 heteroatoms. The lowest BCUT2D eigenvalue weighted by molar-refractivity contribution is -0.154. The molecule has 0 saturated carbocycles. The van der Waals surface area contributed by atoms with E-state index < -0.39 is 0 Å². The molecule has 0 atom stereocenters. The number of ether oxygens (including phenoxy) is 2. The van der Waals surface area contributed by atoms with E-state index in [0.29, 0.717) is 31.0 Å². The largest absolute Gasteiger partial charge is 0.497 e. The summed E-state index contributed by atoms with van der Waals surface area (Å²) in [5.41, 5.74) is 2.55. The fourth-order valence-corrected chi connectivity index (χ4v) is 3.80. The number of imidazole rings is 1. The molecule has 3 aromatic rings. The number of aromatic amines is 1. The van der Waals surface area contributed by atoms with Crippen molar-refractivity contribution in [2.24, 2.45) is 0 Å². The molecule has 2 amide bonds. The molecule has 0 spiro atoms. The average Bonchev–Trinajstić information content (AvgIpc) is 3.47. The van der Waals surface area contributed by atoms with Crippen molar-refractivity contribution in [2.75, 3.05) is 27.3 Å². The van der Waals surface area contributed by atoms with Crippen LogP contribution in [0.5, 0.6) is 11.5 Å². The van der Waals surface area contributed by atoms with Gasteiger partial charge in [-0.2, -0.15) is 0 Å². The Bertz CT molecular complexity index is 1120. The van der Waals surface area contributed by atoms with Gasteiger partial charge in [0, 0.05) is 37.6 Å². The molecule has 32 heavy (non-hydrogen) atoms. The number of carbonyl (C=O) groups is 2. The first kappa shape index (κ1) is 21.4. The van der Waals surface area contributed by atoms with Crippen LogP contribution in [-0.2, 0) is 16.0 Å². The summed E-state index contributed by atoms with van der Waals surface area (Å²) in [6, 6.07) is 13.1. The molecule has 1 aliphatic rings. The minimum atomic E-state index is -0.246. The molecule has 1 saturated heterocycles. The number of nitrogens with one attached hydrogen (secondary N) is 1. The quantitative estimate of drug-likeness (QED) is 0.577. The third-order valence-electron chi connectivity index (χ3n) is 5.43. The number of amides is 2. The number of H-pyrrole nitrogens is 1. The zero-order valence-electron chi connectivity index (χ0n) is 18.2. The van der Waals surface area contributed by atoms with Crippen LogP contribution >= 0.6 is 0 Å². The van der Waals surface area contributed by atoms with E-state index in [9.17, 15) is 9.59 Å². The van der Waals surface area contributed by atoms with Crippen molar-refractivity contribution >= 4 is 28.9 Å². The number of methoxy groups -OCH3 is 2. The average molecular weight is 434 g/mol. The van der Waals surface area contributed by atoms with Gasteiger partial charge in [-0.05, 0) is 42.8 Å². The summed E-state index contributed by atoms with van der Waals surface area (Å²) in [7, 11) is 3.16. The van der Waals surface area contributed by atoms with Crippen LogP contribution in [0.3, 0.4) is 0 Å². The van der Waals surface area contributed by atoms with Crippen molar-refractivity contribution in [1.82, 2.24) is 20.0 Å². The highest BCUT2D eigenvalue weighted by Crippen LogP contribution is 2.25. The van der Waals surface area contributed by atoms with Gasteiger partial charge in [0.05, 0.1) is 25.3 Å². The Hall–Kier alpha value is -3.81. The number of fused-ring (bicyclic) bond motifs is 1. The van der Waals surface area contributed by atoms with Crippen LogP contribution < -0.4 is 9.47 Å². The van der Waals surface area contributed by atoms with Crippen molar-refractivity contribution in [2.45, 2.75) is 19.3 Å². The second-order valence-corrected chi connectivity index (χ2v) is 7.47. The summed E-state index contributed by atoms with van der Waals surface area (Å²) in [6.07, 6.45) is 4.65. The number of aryl methyl sites for hydroxylation is 1. The van der Waals surface area contributed by atoms with Gasteiger partial charge in [0.1, 0.15) is 17.3 Å². The summed E-state index contributed by atoms with van der Waals surface area (Å²) < 4.78 is 10.6. The molecule has 0 aliphatic carbocycles. The summed E-state index contributed by atoms with van der Waals surface area (Å²) in [6.45, 7) is 1.04. The van der Waals surface area contributed by atoms with Crippen LogP contribution in [0.1, 0.15) is 24.2 Å². The molecule has 2 heterocycles. The van der Waals surface area contributed by atoms with Gasteiger partial charge in [-0.25, -0.2) is 9.99 Å². The van der Waals surface area contributed by atoms with Crippen molar-refractivity contribution < 1.29 is 19.1 Å². The monoisotopic (exact) mass is 434 g/mol. The Kier molecular flexibility index (Phi) is 6.39. The molecule has 8 nitrogen and oxygen atoms in total. The molecule has 4 rings (SSSR count). The zero-order valence-corrected chi connectivity index (χ0v) is 18.2. The van der Waals surface area contributed by atoms with Crippen LogP contribution in [0, 0.1) is 0 Å². The number of para-hydroxylation sites is 2. The molecule has 0 unspecified atom stereocenters. The number of hydrogen-bond acceptors (Lipinski definition) is 5. The molecule has 1 fully saturated rings. The first-order chi connectivity index (χ1) is 15.6. The molecule has 0 bridgehead atoms. The summed E-state index contributed by atoms with van der Waals surface area (Å²) in [4.78, 5) is 33.4. The molecule has 2 aromatic carbocycles. The minimum absolute atomic E-state index is 0.0938. The van der Waals surface area contributed by atoms with Crippen LogP contribution in [0.25, 0.3) is 17.1 Å². The summed E-state index contributed by atoms with van der Waals surface area (Å²) >= 11 is 0. The van der Waals surface area contributed by atoms with E-state index in [2.05, 4.69) is 9.97 Å². The van der Waals surface area contributed by atoms with Crippen molar-refractivity contribution in [3.63, 3.8) is 0 Å². The van der Waals surface area contributed by atoms with E-state index >= 15 is 0 Å². The van der Waals surface area contributed by atoms with Crippen LogP contribution in [0.2, 0.25) is 0 Å². The lowest BCUT2D eigenvalue weighted by Gasteiger charge is -2.26. The number of nitrogens with zero attached hydrogens (tertiary/aromatic N) is 3. The first-order valence-corrected chi connectivity index (χ1v) is 10.5. The predicted octanol–water partition coefficient (Wildman–Crippen LogP) is 3.20. The molecule has 1 aromatic heterocycles. The van der Waals surface area contributed by atoms with E-state index in [1.807, 2.05) is 24.3 Å². The Balaban J connectivity index is 1.40. The van der Waals surface area contributed by atoms with Gasteiger partial charge in [-0.3, -0.25) is 14.6 Å². The van der Waals surface area contributed by atoms with Crippen molar-refractivity contribution in [3.05, 3.63) is 59.9 Å². The molecule has 1 aliphatic heterocycles. The van der Waals surface area contributed by atoms with E-state index in [1.165, 1.54) is 16.1 Å². The highest BCUT2D eigenvalue weighted by molar-refractivity contribution is 5.94. The lowest BCUT2D eigenvalue weighted by Crippen LogP contribution is -2.44.